The molecular weight excluding hydrogens is 235 g/mol. The van der Waals surface area contributed by atoms with E-state index in [-0.39, 0.29) is 11.8 Å². The molecule has 0 bridgehead atoms. The quantitative estimate of drug-likeness (QED) is 0.715. The molecule has 0 spiro atoms. The molecule has 0 N–H and O–H groups in total. The lowest BCUT2D eigenvalue weighted by molar-refractivity contribution is 0.0538. The third kappa shape index (κ3) is 1.86. The molecule has 1 aromatic heterocycles. The van der Waals surface area contributed by atoms with E-state index in [1.807, 2.05) is 0 Å². The number of hydrogen-bond donors (Lipinski definition) is 0. The lowest BCUT2D eigenvalue weighted by Crippen LogP contribution is -2.42. The van der Waals surface area contributed by atoms with Crippen LogP contribution in [0.15, 0.2) is 30.5 Å². The van der Waals surface area contributed by atoms with Crippen LogP contribution >= 0.6 is 0 Å². The largest absolute Gasteiger partial charge is 0.378 e. The van der Waals surface area contributed by atoms with Crippen molar-refractivity contribution in [2.75, 3.05) is 26.3 Å². The predicted molar refractivity (Wildman–Crippen MR) is 65.1 cm³/mol. The highest BCUT2D eigenvalue weighted by Crippen LogP contribution is 2.18. The van der Waals surface area contributed by atoms with Crippen LogP contribution in [0.5, 0.6) is 0 Å². The second-order valence-electron chi connectivity index (χ2n) is 4.27. The Labute approximate surface area is 104 Å². The Bertz CT molecular complexity index is 588. The number of hydrogen-bond acceptors (Lipinski definition) is 2. The summed E-state index contributed by atoms with van der Waals surface area (Å²) >= 11 is 0. The second kappa shape index (κ2) is 4.42. The molecule has 0 unspecified atom stereocenters. The smallest absolute Gasteiger partial charge is 0.328 e. The molecule has 2 aromatic rings. The first-order valence-corrected chi connectivity index (χ1v) is 5.89. The zero-order chi connectivity index (χ0) is 12.5. The number of halogens is 1. The van der Waals surface area contributed by atoms with E-state index in [0.29, 0.717) is 26.3 Å². The standard InChI is InChI=1S/C13H13FN2O2/c14-11-1-2-12-10(9-11)3-4-16(12)13(17)15-5-7-18-8-6-15/h1-4,9H,5-8H2. The van der Waals surface area contributed by atoms with Gasteiger partial charge in [-0.2, -0.15) is 0 Å². The van der Waals surface area contributed by atoms with Crippen molar-refractivity contribution in [2.24, 2.45) is 0 Å². The van der Waals surface area contributed by atoms with Crippen molar-refractivity contribution in [2.45, 2.75) is 0 Å². The van der Waals surface area contributed by atoms with E-state index in [1.165, 1.54) is 12.1 Å². The molecule has 94 valence electrons. The van der Waals surface area contributed by atoms with Gasteiger partial charge >= 0.3 is 6.03 Å². The minimum absolute atomic E-state index is 0.0834. The highest BCUT2D eigenvalue weighted by molar-refractivity contribution is 5.91. The van der Waals surface area contributed by atoms with Crippen molar-refractivity contribution in [1.82, 2.24) is 9.47 Å². The maximum Gasteiger partial charge on any atom is 0.328 e. The van der Waals surface area contributed by atoms with Crippen LogP contribution < -0.4 is 0 Å². The molecule has 1 fully saturated rings. The highest BCUT2D eigenvalue weighted by atomic mass is 19.1. The Morgan fingerprint density at radius 1 is 1.22 bits per heavy atom. The summed E-state index contributed by atoms with van der Waals surface area (Å²) in [5.74, 6) is -0.293. The van der Waals surface area contributed by atoms with Gasteiger partial charge in [0.2, 0.25) is 0 Å². The summed E-state index contributed by atoms with van der Waals surface area (Å²) in [5, 5.41) is 0.733. The predicted octanol–water partition coefficient (Wildman–Crippen LogP) is 2.08. The molecule has 1 amide bonds. The fourth-order valence-corrected chi connectivity index (χ4v) is 2.19. The maximum absolute atomic E-state index is 13.1. The van der Waals surface area contributed by atoms with Gasteiger partial charge in [-0.1, -0.05) is 0 Å². The first-order valence-electron chi connectivity index (χ1n) is 5.89. The molecule has 1 aliphatic rings. The molecule has 0 radical (unpaired) electrons. The molecule has 3 rings (SSSR count). The monoisotopic (exact) mass is 248 g/mol. The minimum Gasteiger partial charge on any atom is -0.378 e. The highest BCUT2D eigenvalue weighted by Gasteiger charge is 2.19. The van der Waals surface area contributed by atoms with Crippen LogP contribution in [0.4, 0.5) is 9.18 Å². The van der Waals surface area contributed by atoms with Crippen molar-refractivity contribution in [3.8, 4) is 0 Å². The van der Waals surface area contributed by atoms with Gasteiger partial charge in [0.15, 0.2) is 0 Å². The topological polar surface area (TPSA) is 34.5 Å². The summed E-state index contributed by atoms with van der Waals surface area (Å²) in [4.78, 5) is 14.0. The Morgan fingerprint density at radius 3 is 2.78 bits per heavy atom. The Hall–Kier alpha value is -1.88. The lowest BCUT2D eigenvalue weighted by Gasteiger charge is -2.27. The fraction of sp³-hybridized carbons (Fsp3) is 0.308. The summed E-state index contributed by atoms with van der Waals surface area (Å²) in [6.45, 7) is 2.33. The fourth-order valence-electron chi connectivity index (χ4n) is 2.19. The van der Waals surface area contributed by atoms with Crippen molar-refractivity contribution >= 4 is 16.9 Å². The number of ether oxygens (including phenoxy) is 1. The zero-order valence-corrected chi connectivity index (χ0v) is 9.80. The van der Waals surface area contributed by atoms with Crippen molar-refractivity contribution < 1.29 is 13.9 Å². The van der Waals surface area contributed by atoms with Gasteiger partial charge < -0.3 is 9.64 Å². The van der Waals surface area contributed by atoms with E-state index >= 15 is 0 Å². The average molecular weight is 248 g/mol. The molecule has 1 aromatic carbocycles. The molecule has 0 aliphatic carbocycles. The maximum atomic E-state index is 13.1. The molecule has 5 heteroatoms. The molecule has 0 atom stereocenters. The van der Waals surface area contributed by atoms with Gasteiger partial charge in [-0.15, -0.1) is 0 Å². The van der Waals surface area contributed by atoms with Crippen molar-refractivity contribution in [3.63, 3.8) is 0 Å². The van der Waals surface area contributed by atoms with E-state index in [1.54, 1.807) is 27.8 Å². The van der Waals surface area contributed by atoms with E-state index in [0.717, 1.165) is 10.9 Å². The van der Waals surface area contributed by atoms with E-state index < -0.39 is 0 Å². The lowest BCUT2D eigenvalue weighted by atomic mass is 10.2. The molecule has 0 saturated carbocycles. The Balaban J connectivity index is 1.96. The first kappa shape index (κ1) is 11.2. The number of fused-ring (bicyclic) bond motifs is 1. The SMILES string of the molecule is O=C(N1CCOCC1)n1ccc2cc(F)ccc21. The van der Waals surface area contributed by atoms with E-state index in [2.05, 4.69) is 0 Å². The van der Waals surface area contributed by atoms with Crippen molar-refractivity contribution in [3.05, 3.63) is 36.3 Å². The number of nitrogens with zero attached hydrogens (tertiary/aromatic N) is 2. The van der Waals surface area contributed by atoms with Gasteiger partial charge in [0, 0.05) is 24.7 Å². The second-order valence-corrected chi connectivity index (χ2v) is 4.27. The van der Waals surface area contributed by atoms with Crippen molar-refractivity contribution in [1.29, 1.82) is 0 Å². The minimum atomic E-state index is -0.293. The summed E-state index contributed by atoms with van der Waals surface area (Å²) in [7, 11) is 0. The number of amides is 1. The number of benzene rings is 1. The van der Waals surface area contributed by atoms with Crippen LogP contribution in [-0.4, -0.2) is 41.8 Å². The molecule has 1 aliphatic heterocycles. The zero-order valence-electron chi connectivity index (χ0n) is 9.80. The van der Waals surface area contributed by atoms with Gasteiger partial charge in [-0.05, 0) is 24.3 Å². The van der Waals surface area contributed by atoms with Gasteiger partial charge in [-0.25, -0.2) is 9.18 Å². The summed E-state index contributed by atoms with van der Waals surface area (Å²) in [6.07, 6.45) is 1.68. The van der Waals surface area contributed by atoms with Gasteiger partial charge in [0.25, 0.3) is 0 Å². The number of rotatable bonds is 0. The van der Waals surface area contributed by atoms with E-state index in [4.69, 9.17) is 4.74 Å². The first-order chi connectivity index (χ1) is 8.75. The van der Waals surface area contributed by atoms with Crippen LogP contribution in [0, 0.1) is 5.82 Å². The molecule has 2 heterocycles. The van der Waals surface area contributed by atoms with Gasteiger partial charge in [-0.3, -0.25) is 4.57 Å². The van der Waals surface area contributed by atoms with Gasteiger partial charge in [0.05, 0.1) is 18.7 Å². The van der Waals surface area contributed by atoms with Crippen LogP contribution in [0.1, 0.15) is 0 Å². The third-order valence-corrected chi connectivity index (χ3v) is 3.14. The summed E-state index contributed by atoms with van der Waals surface area (Å²) in [6, 6.07) is 6.09. The number of morpholine rings is 1. The summed E-state index contributed by atoms with van der Waals surface area (Å²) < 4.78 is 19.9. The van der Waals surface area contributed by atoms with Crippen LogP contribution in [-0.2, 0) is 4.74 Å². The van der Waals surface area contributed by atoms with Gasteiger partial charge in [0.1, 0.15) is 5.82 Å². The number of aromatic nitrogens is 1. The van der Waals surface area contributed by atoms with Crippen LogP contribution in [0.3, 0.4) is 0 Å². The molecule has 1 saturated heterocycles. The number of carbonyl (C=O) groups excluding carboxylic acids is 1. The summed E-state index contributed by atoms with van der Waals surface area (Å²) in [5.41, 5.74) is 0.730. The number of carbonyl (C=O) groups is 1. The Morgan fingerprint density at radius 2 is 2.00 bits per heavy atom. The molecule has 4 nitrogen and oxygen atoms in total. The third-order valence-electron chi connectivity index (χ3n) is 3.14. The van der Waals surface area contributed by atoms with Crippen LogP contribution in [0.2, 0.25) is 0 Å². The van der Waals surface area contributed by atoms with Crippen LogP contribution in [0.25, 0.3) is 10.9 Å². The molecular formula is C13H13FN2O2. The van der Waals surface area contributed by atoms with E-state index in [9.17, 15) is 9.18 Å². The normalized spacial score (nSPS) is 16.2. The average Bonchev–Trinajstić information content (AvgIpc) is 2.81. The molecule has 18 heavy (non-hydrogen) atoms. The Kier molecular flexibility index (Phi) is 2.76.